The van der Waals surface area contributed by atoms with Crippen LogP contribution in [0.4, 0.5) is 0 Å². The topological polar surface area (TPSA) is 66.8 Å². The highest BCUT2D eigenvalue weighted by Crippen LogP contribution is 2.08. The molecule has 0 saturated carbocycles. The molecule has 0 unspecified atom stereocenters. The number of ether oxygens (including phenoxy) is 1. The lowest BCUT2D eigenvalue weighted by Crippen LogP contribution is -2.26. The molecule has 0 bridgehead atoms. The summed E-state index contributed by atoms with van der Waals surface area (Å²) in [7, 11) is 0. The predicted molar refractivity (Wildman–Crippen MR) is 70.5 cm³/mol. The van der Waals surface area contributed by atoms with Crippen molar-refractivity contribution in [2.24, 2.45) is 0 Å². The number of halogens is 1. The van der Waals surface area contributed by atoms with Crippen molar-refractivity contribution in [3.8, 4) is 0 Å². The molecule has 0 aliphatic heterocycles. The number of aliphatic hydroxyl groups is 2. The molecule has 0 rings (SSSR count). The van der Waals surface area contributed by atoms with Gasteiger partial charge in [-0.1, -0.05) is 28.7 Å². The van der Waals surface area contributed by atoms with Crippen LogP contribution in [0.2, 0.25) is 0 Å². The Morgan fingerprint density at radius 1 is 1.38 bits per heavy atom. The van der Waals surface area contributed by atoms with Crippen LogP contribution in [-0.2, 0) is 9.53 Å². The molecule has 0 spiro atoms. The third-order valence-corrected chi connectivity index (χ3v) is 2.54. The number of esters is 1. The first-order valence-electron chi connectivity index (χ1n) is 5.08. The van der Waals surface area contributed by atoms with E-state index in [0.29, 0.717) is 4.43 Å². The predicted octanol–water partition coefficient (Wildman–Crippen LogP) is 1.43. The van der Waals surface area contributed by atoms with E-state index >= 15 is 0 Å². The second-order valence-electron chi connectivity index (χ2n) is 4.46. The van der Waals surface area contributed by atoms with E-state index in [9.17, 15) is 15.0 Å². The van der Waals surface area contributed by atoms with Gasteiger partial charge in [0.05, 0.1) is 12.2 Å². The van der Waals surface area contributed by atoms with Crippen LogP contribution in [0, 0.1) is 0 Å². The number of aliphatic hydroxyl groups excluding tert-OH is 2. The first-order valence-corrected chi connectivity index (χ1v) is 6.60. The quantitative estimate of drug-likeness (QED) is 0.343. The molecule has 16 heavy (non-hydrogen) atoms. The van der Waals surface area contributed by atoms with Crippen LogP contribution in [0.5, 0.6) is 0 Å². The van der Waals surface area contributed by atoms with Crippen LogP contribution in [-0.4, -0.2) is 38.4 Å². The Balaban J connectivity index is 3.97. The summed E-state index contributed by atoms with van der Waals surface area (Å²) in [6.07, 6.45) is 1.42. The molecule has 2 atom stereocenters. The van der Waals surface area contributed by atoms with E-state index < -0.39 is 23.8 Å². The monoisotopic (exact) mass is 342 g/mol. The zero-order chi connectivity index (χ0) is 12.8. The van der Waals surface area contributed by atoms with Crippen molar-refractivity contribution in [1.82, 2.24) is 0 Å². The average Bonchev–Trinajstić information content (AvgIpc) is 2.13. The van der Waals surface area contributed by atoms with Crippen LogP contribution < -0.4 is 0 Å². The molecule has 0 amide bonds. The van der Waals surface area contributed by atoms with Gasteiger partial charge in [0, 0.05) is 10.5 Å². The number of carbonyl (C=O) groups is 1. The Bertz CT molecular complexity index is 245. The molecule has 0 fully saturated rings. The molecule has 94 valence electrons. The van der Waals surface area contributed by atoms with Crippen LogP contribution in [0.25, 0.3) is 0 Å². The van der Waals surface area contributed by atoms with Gasteiger partial charge in [-0.3, -0.25) is 0 Å². The van der Waals surface area contributed by atoms with Gasteiger partial charge in [0.25, 0.3) is 0 Å². The standard InChI is InChI=1S/C11H19IO4/c1-11(2,3)16-10(15)6-4-5-8(13)9(14)7-12/h4,6,8-9,13-14H,5,7H2,1-3H3/b6-4+/t8-,9+/m0/s1. The number of alkyl halides is 1. The fourth-order valence-electron chi connectivity index (χ4n) is 0.899. The lowest BCUT2D eigenvalue weighted by molar-refractivity contribution is -0.148. The summed E-state index contributed by atoms with van der Waals surface area (Å²) in [5.41, 5.74) is -0.512. The maximum absolute atomic E-state index is 11.2. The van der Waals surface area contributed by atoms with E-state index in [4.69, 9.17) is 4.74 Å². The van der Waals surface area contributed by atoms with Gasteiger partial charge in [0.2, 0.25) is 0 Å². The number of hydrogen-bond acceptors (Lipinski definition) is 4. The van der Waals surface area contributed by atoms with Crippen LogP contribution in [0.15, 0.2) is 12.2 Å². The summed E-state index contributed by atoms with van der Waals surface area (Å²) in [5.74, 6) is -0.441. The van der Waals surface area contributed by atoms with Gasteiger partial charge in [-0.2, -0.15) is 0 Å². The van der Waals surface area contributed by atoms with Gasteiger partial charge in [-0.05, 0) is 27.2 Å². The lowest BCUT2D eigenvalue weighted by atomic mass is 10.1. The highest BCUT2D eigenvalue weighted by Gasteiger charge is 2.15. The maximum Gasteiger partial charge on any atom is 0.330 e. The largest absolute Gasteiger partial charge is 0.457 e. The van der Waals surface area contributed by atoms with Crippen molar-refractivity contribution in [1.29, 1.82) is 0 Å². The molecule has 0 radical (unpaired) electrons. The second kappa shape index (κ2) is 7.24. The van der Waals surface area contributed by atoms with Crippen molar-refractivity contribution in [2.75, 3.05) is 4.43 Å². The fourth-order valence-corrected chi connectivity index (χ4v) is 1.49. The normalized spacial score (nSPS) is 16.1. The highest BCUT2D eigenvalue weighted by atomic mass is 127. The Labute approximate surface area is 110 Å². The zero-order valence-corrected chi connectivity index (χ0v) is 12.0. The SMILES string of the molecule is CC(C)(C)OC(=O)/C=C/C[C@H](O)[C@H](O)CI. The van der Waals surface area contributed by atoms with Gasteiger partial charge < -0.3 is 14.9 Å². The van der Waals surface area contributed by atoms with Gasteiger partial charge >= 0.3 is 5.97 Å². The minimum absolute atomic E-state index is 0.239. The highest BCUT2D eigenvalue weighted by molar-refractivity contribution is 14.1. The van der Waals surface area contributed by atoms with E-state index in [1.165, 1.54) is 12.2 Å². The number of rotatable bonds is 5. The molecular weight excluding hydrogens is 323 g/mol. The first kappa shape index (κ1) is 15.9. The van der Waals surface area contributed by atoms with Crippen molar-refractivity contribution >= 4 is 28.6 Å². The molecule has 0 aromatic rings. The number of hydrogen-bond donors (Lipinski definition) is 2. The van der Waals surface area contributed by atoms with E-state index in [2.05, 4.69) is 0 Å². The maximum atomic E-state index is 11.2. The van der Waals surface area contributed by atoms with Crippen molar-refractivity contribution in [3.63, 3.8) is 0 Å². The molecule has 0 aliphatic carbocycles. The Morgan fingerprint density at radius 2 is 1.94 bits per heavy atom. The molecular formula is C11H19IO4. The van der Waals surface area contributed by atoms with E-state index in [1.54, 1.807) is 20.8 Å². The molecule has 0 heterocycles. The van der Waals surface area contributed by atoms with Crippen LogP contribution in [0.3, 0.4) is 0 Å². The molecule has 0 aromatic heterocycles. The average molecular weight is 342 g/mol. The minimum atomic E-state index is -0.837. The summed E-state index contributed by atoms with van der Waals surface area (Å²) in [5, 5.41) is 18.7. The molecule has 4 nitrogen and oxygen atoms in total. The Morgan fingerprint density at radius 3 is 2.38 bits per heavy atom. The van der Waals surface area contributed by atoms with Gasteiger partial charge in [-0.15, -0.1) is 0 Å². The Hall–Kier alpha value is -0.140. The zero-order valence-electron chi connectivity index (χ0n) is 9.81. The minimum Gasteiger partial charge on any atom is -0.457 e. The van der Waals surface area contributed by atoms with Gasteiger partial charge in [0.1, 0.15) is 5.60 Å². The fraction of sp³-hybridized carbons (Fsp3) is 0.727. The van der Waals surface area contributed by atoms with Crippen molar-refractivity contribution < 1.29 is 19.7 Å². The summed E-state index contributed by atoms with van der Waals surface area (Å²) >= 11 is 1.99. The molecule has 0 aromatic carbocycles. The summed E-state index contributed by atoms with van der Waals surface area (Å²) in [6.45, 7) is 5.36. The molecule has 2 N–H and O–H groups in total. The lowest BCUT2D eigenvalue weighted by Gasteiger charge is -2.18. The van der Waals surface area contributed by atoms with Crippen molar-refractivity contribution in [2.45, 2.75) is 45.0 Å². The molecule has 0 saturated heterocycles. The van der Waals surface area contributed by atoms with E-state index in [1.807, 2.05) is 22.6 Å². The molecule has 5 heteroatoms. The summed E-state index contributed by atoms with van der Waals surface area (Å²) in [4.78, 5) is 11.2. The van der Waals surface area contributed by atoms with E-state index in [0.717, 1.165) is 0 Å². The Kier molecular flexibility index (Phi) is 7.17. The summed E-state index contributed by atoms with van der Waals surface area (Å²) in [6, 6.07) is 0. The second-order valence-corrected chi connectivity index (χ2v) is 5.34. The molecule has 0 aliphatic rings. The van der Waals surface area contributed by atoms with E-state index in [-0.39, 0.29) is 6.42 Å². The van der Waals surface area contributed by atoms with Gasteiger partial charge in [-0.25, -0.2) is 4.79 Å². The number of carbonyl (C=O) groups excluding carboxylic acids is 1. The smallest absolute Gasteiger partial charge is 0.330 e. The van der Waals surface area contributed by atoms with Crippen LogP contribution in [0.1, 0.15) is 27.2 Å². The first-order chi connectivity index (χ1) is 7.26. The van der Waals surface area contributed by atoms with Crippen LogP contribution >= 0.6 is 22.6 Å². The summed E-state index contributed by atoms with van der Waals surface area (Å²) < 4.78 is 5.49. The third-order valence-electron chi connectivity index (χ3n) is 1.64. The van der Waals surface area contributed by atoms with Crippen molar-refractivity contribution in [3.05, 3.63) is 12.2 Å². The van der Waals surface area contributed by atoms with Gasteiger partial charge in [0.15, 0.2) is 0 Å². The third kappa shape index (κ3) is 8.06.